The molecule has 1 aromatic rings. The van der Waals surface area contributed by atoms with Crippen molar-refractivity contribution in [2.45, 2.75) is 6.18 Å². The van der Waals surface area contributed by atoms with Gasteiger partial charge < -0.3 is 10.8 Å². The highest BCUT2D eigenvalue weighted by Gasteiger charge is 2.35. The van der Waals surface area contributed by atoms with Gasteiger partial charge in [0.1, 0.15) is 0 Å². The number of hydrogen-bond acceptors (Lipinski definition) is 2. The molecule has 0 saturated heterocycles. The normalized spacial score (nSPS) is 11.5. The third-order valence-corrected chi connectivity index (χ3v) is 2.28. The Morgan fingerprint density at radius 3 is 2.27 bits per heavy atom. The van der Waals surface area contributed by atoms with Crippen molar-refractivity contribution in [3.8, 4) is 0 Å². The Hall–Kier alpha value is -1.24. The van der Waals surface area contributed by atoms with E-state index in [1.54, 1.807) is 0 Å². The first-order chi connectivity index (χ1) is 6.73. The van der Waals surface area contributed by atoms with Crippen LogP contribution >= 0.6 is 15.9 Å². The van der Waals surface area contributed by atoms with Crippen LogP contribution in [-0.4, -0.2) is 11.1 Å². The summed E-state index contributed by atoms with van der Waals surface area (Å²) in [6.07, 6.45) is -4.61. The molecule has 82 valence electrons. The summed E-state index contributed by atoms with van der Waals surface area (Å²) < 4.78 is 36.8. The molecule has 0 aliphatic heterocycles. The highest BCUT2D eigenvalue weighted by atomic mass is 79.9. The van der Waals surface area contributed by atoms with Gasteiger partial charge in [-0.2, -0.15) is 13.2 Å². The van der Waals surface area contributed by atoms with Gasteiger partial charge in [-0.15, -0.1) is 0 Å². The zero-order valence-corrected chi connectivity index (χ0v) is 8.69. The highest BCUT2D eigenvalue weighted by molar-refractivity contribution is 9.10. The number of nitrogens with two attached hydrogens (primary N) is 1. The second-order valence-corrected chi connectivity index (χ2v) is 3.58. The average molecular weight is 284 g/mol. The van der Waals surface area contributed by atoms with Gasteiger partial charge in [-0.25, -0.2) is 4.79 Å². The minimum Gasteiger partial charge on any atom is -0.478 e. The molecule has 0 fully saturated rings. The summed E-state index contributed by atoms with van der Waals surface area (Å²) in [7, 11) is 0. The molecule has 3 N–H and O–H groups in total. The van der Waals surface area contributed by atoms with Gasteiger partial charge >= 0.3 is 12.1 Å². The molecule has 0 aromatic heterocycles. The first kappa shape index (κ1) is 11.8. The van der Waals surface area contributed by atoms with Crippen LogP contribution in [0.25, 0.3) is 0 Å². The Kier molecular flexibility index (Phi) is 2.94. The molecule has 0 atom stereocenters. The topological polar surface area (TPSA) is 63.3 Å². The molecule has 0 unspecified atom stereocenters. The summed E-state index contributed by atoms with van der Waals surface area (Å²) in [4.78, 5) is 10.5. The molecule has 7 heteroatoms. The fraction of sp³-hybridized carbons (Fsp3) is 0.125. The van der Waals surface area contributed by atoms with Crippen LogP contribution in [0.2, 0.25) is 0 Å². The van der Waals surface area contributed by atoms with Crippen molar-refractivity contribution < 1.29 is 23.1 Å². The number of rotatable bonds is 1. The number of nitrogen functional groups attached to an aromatic ring is 1. The number of carbonyl (C=O) groups is 1. The van der Waals surface area contributed by atoms with Gasteiger partial charge in [-0.3, -0.25) is 0 Å². The standard InChI is InChI=1S/C8H5BrF3NO2/c9-4-1-3(7(14)15)2-5(13)6(4)8(10,11)12/h1-2H,13H2,(H,14,15). The zero-order chi connectivity index (χ0) is 11.8. The van der Waals surface area contributed by atoms with E-state index in [0.29, 0.717) is 0 Å². The second kappa shape index (κ2) is 3.73. The van der Waals surface area contributed by atoms with Gasteiger partial charge in [0.2, 0.25) is 0 Å². The average Bonchev–Trinajstić information content (AvgIpc) is 1.99. The van der Waals surface area contributed by atoms with Crippen molar-refractivity contribution in [1.82, 2.24) is 0 Å². The first-order valence-electron chi connectivity index (χ1n) is 3.63. The first-order valence-corrected chi connectivity index (χ1v) is 4.42. The van der Waals surface area contributed by atoms with Gasteiger partial charge in [0.25, 0.3) is 0 Å². The molecule has 1 rings (SSSR count). The van der Waals surface area contributed by atoms with Crippen LogP contribution in [0.3, 0.4) is 0 Å². The lowest BCUT2D eigenvalue weighted by Crippen LogP contribution is -2.11. The molecular formula is C8H5BrF3NO2. The van der Waals surface area contributed by atoms with Crippen LogP contribution in [0.1, 0.15) is 15.9 Å². The summed E-state index contributed by atoms with van der Waals surface area (Å²) in [6.45, 7) is 0. The van der Waals surface area contributed by atoms with Crippen molar-refractivity contribution in [1.29, 1.82) is 0 Å². The number of anilines is 1. The molecule has 0 spiro atoms. The molecule has 3 nitrogen and oxygen atoms in total. The molecule has 0 heterocycles. The zero-order valence-electron chi connectivity index (χ0n) is 7.10. The van der Waals surface area contributed by atoms with Crippen LogP contribution < -0.4 is 5.73 Å². The smallest absolute Gasteiger partial charge is 0.419 e. The van der Waals surface area contributed by atoms with E-state index in [4.69, 9.17) is 10.8 Å². The van der Waals surface area contributed by atoms with Crippen molar-refractivity contribution in [2.24, 2.45) is 0 Å². The summed E-state index contributed by atoms with van der Waals surface area (Å²) in [5.41, 5.74) is 3.16. The Morgan fingerprint density at radius 1 is 1.40 bits per heavy atom. The predicted octanol–water partition coefficient (Wildman–Crippen LogP) is 2.75. The number of carboxylic acids is 1. The van der Waals surface area contributed by atoms with E-state index in [1.807, 2.05) is 0 Å². The summed E-state index contributed by atoms with van der Waals surface area (Å²) in [6, 6.07) is 1.64. The quantitative estimate of drug-likeness (QED) is 0.779. The molecule has 0 aliphatic rings. The maximum Gasteiger partial charge on any atom is 0.419 e. The van der Waals surface area contributed by atoms with Crippen LogP contribution in [0.15, 0.2) is 16.6 Å². The van der Waals surface area contributed by atoms with Gasteiger partial charge in [-0.1, -0.05) is 15.9 Å². The number of halogens is 4. The van der Waals surface area contributed by atoms with Crippen LogP contribution in [0, 0.1) is 0 Å². The largest absolute Gasteiger partial charge is 0.478 e. The number of hydrogen-bond donors (Lipinski definition) is 2. The summed E-state index contributed by atoms with van der Waals surface area (Å²) in [5, 5.41) is 8.57. The Bertz CT molecular complexity index is 394. The summed E-state index contributed by atoms with van der Waals surface area (Å²) in [5.74, 6) is -1.34. The van der Waals surface area contributed by atoms with E-state index in [-0.39, 0.29) is 10.0 Å². The molecule has 15 heavy (non-hydrogen) atoms. The number of benzene rings is 1. The predicted molar refractivity (Wildman–Crippen MR) is 50.5 cm³/mol. The Balaban J connectivity index is 3.41. The van der Waals surface area contributed by atoms with E-state index < -0.39 is 23.4 Å². The maximum atomic E-state index is 12.4. The Labute approximate surface area is 90.8 Å². The van der Waals surface area contributed by atoms with E-state index >= 15 is 0 Å². The number of alkyl halides is 3. The van der Waals surface area contributed by atoms with Crippen molar-refractivity contribution >= 4 is 27.6 Å². The monoisotopic (exact) mass is 283 g/mol. The Morgan fingerprint density at radius 2 is 1.93 bits per heavy atom. The molecule has 0 radical (unpaired) electrons. The van der Waals surface area contributed by atoms with Gasteiger partial charge in [-0.05, 0) is 12.1 Å². The minimum atomic E-state index is -4.61. The molecule has 0 saturated carbocycles. The third-order valence-electron chi connectivity index (χ3n) is 1.65. The fourth-order valence-electron chi connectivity index (χ4n) is 1.05. The lowest BCUT2D eigenvalue weighted by Gasteiger charge is -2.12. The number of aromatic carboxylic acids is 1. The van der Waals surface area contributed by atoms with Crippen LogP contribution in [-0.2, 0) is 6.18 Å². The fourth-order valence-corrected chi connectivity index (χ4v) is 1.75. The van der Waals surface area contributed by atoms with Crippen molar-refractivity contribution in [3.63, 3.8) is 0 Å². The lowest BCUT2D eigenvalue weighted by molar-refractivity contribution is -0.137. The van der Waals surface area contributed by atoms with Gasteiger partial charge in [0.05, 0.1) is 11.1 Å². The lowest BCUT2D eigenvalue weighted by atomic mass is 10.1. The number of carboxylic acid groups (broad SMARTS) is 1. The van der Waals surface area contributed by atoms with Crippen LogP contribution in [0.4, 0.5) is 18.9 Å². The SMILES string of the molecule is Nc1cc(C(=O)O)cc(Br)c1C(F)(F)F. The van der Waals surface area contributed by atoms with Crippen LogP contribution in [0.5, 0.6) is 0 Å². The van der Waals surface area contributed by atoms with E-state index in [0.717, 1.165) is 12.1 Å². The molecule has 0 bridgehead atoms. The van der Waals surface area contributed by atoms with E-state index in [2.05, 4.69) is 15.9 Å². The van der Waals surface area contributed by atoms with Gasteiger partial charge in [0.15, 0.2) is 0 Å². The highest BCUT2D eigenvalue weighted by Crippen LogP contribution is 2.39. The van der Waals surface area contributed by atoms with Gasteiger partial charge in [0, 0.05) is 10.2 Å². The molecule has 0 aliphatic carbocycles. The van der Waals surface area contributed by atoms with E-state index in [1.165, 1.54) is 0 Å². The van der Waals surface area contributed by atoms with Crippen molar-refractivity contribution in [3.05, 3.63) is 27.7 Å². The second-order valence-electron chi connectivity index (χ2n) is 2.73. The molecule has 0 amide bonds. The minimum absolute atomic E-state index is 0.299. The molecule has 1 aromatic carbocycles. The van der Waals surface area contributed by atoms with E-state index in [9.17, 15) is 18.0 Å². The third kappa shape index (κ3) is 2.41. The summed E-state index contributed by atoms with van der Waals surface area (Å²) >= 11 is 2.64. The van der Waals surface area contributed by atoms with Crippen molar-refractivity contribution in [2.75, 3.05) is 5.73 Å². The molecular weight excluding hydrogens is 279 g/mol. The maximum absolute atomic E-state index is 12.4.